The Hall–Kier alpha value is -0.0400. The summed E-state index contributed by atoms with van der Waals surface area (Å²) in [4.78, 5) is 0. The second-order valence-corrected chi connectivity index (χ2v) is 4.18. The van der Waals surface area contributed by atoms with E-state index in [1.54, 1.807) is 0 Å². The minimum Gasteiger partial charge on any atom is -0.393 e. The van der Waals surface area contributed by atoms with E-state index in [4.69, 9.17) is 0 Å². The van der Waals surface area contributed by atoms with Crippen LogP contribution in [0.5, 0.6) is 0 Å². The van der Waals surface area contributed by atoms with Crippen LogP contribution in [0.4, 0.5) is 0 Å². The molecule has 0 amide bonds. The molecule has 72 valence electrons. The van der Waals surface area contributed by atoms with Crippen molar-refractivity contribution in [3.05, 3.63) is 0 Å². The average Bonchev–Trinajstić information content (AvgIpc) is 2.82. The molecule has 0 radical (unpaired) electrons. The molecule has 1 N–H and O–H groups in total. The quantitative estimate of drug-likeness (QED) is 0.582. The fourth-order valence-electron chi connectivity index (χ4n) is 1.66. The molecule has 1 aliphatic carbocycles. The molecule has 0 spiro atoms. The fourth-order valence-corrected chi connectivity index (χ4v) is 1.66. The van der Waals surface area contributed by atoms with E-state index < -0.39 is 0 Å². The van der Waals surface area contributed by atoms with Gasteiger partial charge in [0.1, 0.15) is 0 Å². The van der Waals surface area contributed by atoms with E-state index >= 15 is 0 Å². The first kappa shape index (κ1) is 10.0. The van der Waals surface area contributed by atoms with Crippen LogP contribution in [-0.4, -0.2) is 11.2 Å². The van der Waals surface area contributed by atoms with Gasteiger partial charge in [-0.3, -0.25) is 0 Å². The van der Waals surface area contributed by atoms with Crippen molar-refractivity contribution in [3.63, 3.8) is 0 Å². The molecule has 12 heavy (non-hydrogen) atoms. The summed E-state index contributed by atoms with van der Waals surface area (Å²) in [5.74, 6) is 0.881. The van der Waals surface area contributed by atoms with Gasteiger partial charge < -0.3 is 5.11 Å². The van der Waals surface area contributed by atoms with Gasteiger partial charge in [0.15, 0.2) is 0 Å². The number of unbranched alkanes of at least 4 members (excludes halogenated alkanes) is 3. The van der Waals surface area contributed by atoms with Crippen LogP contribution in [0.15, 0.2) is 0 Å². The van der Waals surface area contributed by atoms with Crippen LogP contribution in [0.3, 0.4) is 0 Å². The van der Waals surface area contributed by atoms with Crippen molar-refractivity contribution < 1.29 is 5.11 Å². The molecule has 0 aromatic carbocycles. The molecule has 0 bridgehead atoms. The largest absolute Gasteiger partial charge is 0.393 e. The summed E-state index contributed by atoms with van der Waals surface area (Å²) >= 11 is 0. The Labute approximate surface area is 76.2 Å². The zero-order valence-corrected chi connectivity index (χ0v) is 8.26. The Kier molecular flexibility index (Phi) is 4.67. The van der Waals surface area contributed by atoms with Crippen LogP contribution in [0.25, 0.3) is 0 Å². The van der Waals surface area contributed by atoms with E-state index in [1.807, 2.05) is 0 Å². The normalized spacial score (nSPS) is 19.5. The molecule has 1 unspecified atom stereocenters. The van der Waals surface area contributed by atoms with Gasteiger partial charge in [-0.15, -0.1) is 0 Å². The van der Waals surface area contributed by atoms with Crippen LogP contribution in [-0.2, 0) is 0 Å². The standard InChI is InChI=1S/C11H22O/c1-2-3-4-5-6-11(12)9-10-7-8-10/h10-12H,2-9H2,1H3. The van der Waals surface area contributed by atoms with Crippen LogP contribution < -0.4 is 0 Å². The Morgan fingerprint density at radius 2 is 2.00 bits per heavy atom. The summed E-state index contributed by atoms with van der Waals surface area (Å²) in [6, 6.07) is 0. The molecule has 1 saturated carbocycles. The van der Waals surface area contributed by atoms with E-state index in [2.05, 4.69) is 6.92 Å². The molecule has 0 aliphatic heterocycles. The Bertz CT molecular complexity index is 108. The maximum absolute atomic E-state index is 9.56. The van der Waals surface area contributed by atoms with Crippen LogP contribution >= 0.6 is 0 Å². The number of hydrogen-bond acceptors (Lipinski definition) is 1. The first-order chi connectivity index (χ1) is 5.83. The van der Waals surface area contributed by atoms with Crippen molar-refractivity contribution >= 4 is 0 Å². The molecule has 0 saturated heterocycles. The van der Waals surface area contributed by atoms with Gasteiger partial charge in [0, 0.05) is 0 Å². The van der Waals surface area contributed by atoms with Gasteiger partial charge in [0.2, 0.25) is 0 Å². The van der Waals surface area contributed by atoms with Crippen molar-refractivity contribution in [2.45, 2.75) is 64.4 Å². The third-order valence-corrected chi connectivity index (χ3v) is 2.69. The molecule has 1 heteroatoms. The highest BCUT2D eigenvalue weighted by Gasteiger charge is 2.23. The zero-order chi connectivity index (χ0) is 8.81. The first-order valence-corrected chi connectivity index (χ1v) is 5.51. The highest BCUT2D eigenvalue weighted by Crippen LogP contribution is 2.34. The fraction of sp³-hybridized carbons (Fsp3) is 1.00. The number of aliphatic hydroxyl groups is 1. The third kappa shape index (κ3) is 4.76. The Morgan fingerprint density at radius 1 is 1.25 bits per heavy atom. The lowest BCUT2D eigenvalue weighted by Gasteiger charge is -2.08. The van der Waals surface area contributed by atoms with E-state index in [-0.39, 0.29) is 6.10 Å². The summed E-state index contributed by atoms with van der Waals surface area (Å²) in [5, 5.41) is 9.56. The highest BCUT2D eigenvalue weighted by atomic mass is 16.3. The smallest absolute Gasteiger partial charge is 0.0542 e. The maximum Gasteiger partial charge on any atom is 0.0542 e. The molecule has 0 aromatic rings. The lowest BCUT2D eigenvalue weighted by molar-refractivity contribution is 0.144. The topological polar surface area (TPSA) is 20.2 Å². The number of aliphatic hydroxyl groups excluding tert-OH is 1. The van der Waals surface area contributed by atoms with E-state index in [9.17, 15) is 5.11 Å². The molecule has 1 atom stereocenters. The number of rotatable bonds is 7. The van der Waals surface area contributed by atoms with Gasteiger partial charge >= 0.3 is 0 Å². The maximum atomic E-state index is 9.56. The van der Waals surface area contributed by atoms with Crippen molar-refractivity contribution in [1.82, 2.24) is 0 Å². The summed E-state index contributed by atoms with van der Waals surface area (Å²) < 4.78 is 0. The SMILES string of the molecule is CCCCCCC(O)CC1CC1. The van der Waals surface area contributed by atoms with Crippen LogP contribution in [0.2, 0.25) is 0 Å². The molecule has 1 fully saturated rings. The highest BCUT2D eigenvalue weighted by molar-refractivity contribution is 4.76. The predicted molar refractivity (Wildman–Crippen MR) is 52.1 cm³/mol. The second kappa shape index (κ2) is 5.58. The molecule has 1 nitrogen and oxygen atoms in total. The lowest BCUT2D eigenvalue weighted by atomic mass is 10.1. The monoisotopic (exact) mass is 170 g/mol. The van der Waals surface area contributed by atoms with Gasteiger partial charge in [0.25, 0.3) is 0 Å². The molecular weight excluding hydrogens is 148 g/mol. The molecule has 1 aliphatic rings. The van der Waals surface area contributed by atoms with Crippen molar-refractivity contribution in [1.29, 1.82) is 0 Å². The lowest BCUT2D eigenvalue weighted by Crippen LogP contribution is -2.06. The summed E-state index contributed by atoms with van der Waals surface area (Å²) in [5.41, 5.74) is 0. The predicted octanol–water partition coefficient (Wildman–Crippen LogP) is 3.12. The van der Waals surface area contributed by atoms with Crippen molar-refractivity contribution in [3.8, 4) is 0 Å². The van der Waals surface area contributed by atoms with E-state index in [0.29, 0.717) is 0 Å². The van der Waals surface area contributed by atoms with Gasteiger partial charge in [-0.2, -0.15) is 0 Å². The van der Waals surface area contributed by atoms with Crippen molar-refractivity contribution in [2.75, 3.05) is 0 Å². The van der Waals surface area contributed by atoms with Gasteiger partial charge in [-0.25, -0.2) is 0 Å². The minimum absolute atomic E-state index is 0.00866. The van der Waals surface area contributed by atoms with Crippen molar-refractivity contribution in [2.24, 2.45) is 5.92 Å². The third-order valence-electron chi connectivity index (χ3n) is 2.69. The molecular formula is C11H22O. The average molecular weight is 170 g/mol. The number of hydrogen-bond donors (Lipinski definition) is 1. The Morgan fingerprint density at radius 3 is 2.58 bits per heavy atom. The van der Waals surface area contributed by atoms with E-state index in [0.717, 1.165) is 18.8 Å². The van der Waals surface area contributed by atoms with Gasteiger partial charge in [-0.1, -0.05) is 45.4 Å². The summed E-state index contributed by atoms with van der Waals surface area (Å²) in [7, 11) is 0. The van der Waals surface area contributed by atoms with Crippen LogP contribution in [0.1, 0.15) is 58.3 Å². The molecule has 0 aromatic heterocycles. The van der Waals surface area contributed by atoms with Gasteiger partial charge in [-0.05, 0) is 18.8 Å². The minimum atomic E-state index is 0.00866. The second-order valence-electron chi connectivity index (χ2n) is 4.18. The summed E-state index contributed by atoms with van der Waals surface area (Å²) in [6.07, 6.45) is 10.0. The zero-order valence-electron chi connectivity index (χ0n) is 8.26. The summed E-state index contributed by atoms with van der Waals surface area (Å²) in [6.45, 7) is 2.22. The van der Waals surface area contributed by atoms with Crippen LogP contribution in [0, 0.1) is 5.92 Å². The Balaban J connectivity index is 1.83. The first-order valence-electron chi connectivity index (χ1n) is 5.51. The van der Waals surface area contributed by atoms with Gasteiger partial charge in [0.05, 0.1) is 6.10 Å². The molecule has 0 heterocycles. The van der Waals surface area contributed by atoms with E-state index in [1.165, 1.54) is 38.5 Å². The molecule has 1 rings (SSSR count).